The van der Waals surface area contributed by atoms with Crippen LogP contribution in [0.3, 0.4) is 0 Å². The molecule has 0 amide bonds. The highest BCUT2D eigenvalue weighted by atomic mass is 16.7. The standard InChI is InChI=1S/C30H34N2O5/c1-30(2)36-21-26-17-25(8-11-29(26)37-30)28(33)19-32-13-12-22-6-9-27(10-7-22)35-15-14-34-20-24-5-3-4-23(16-24)18-31/h3-11,16-17,28,32-33H,12-15,19-21H2,1-2H3/t28-/m1/s1. The molecule has 194 valence electrons. The second-order valence-corrected chi connectivity index (χ2v) is 9.48. The molecule has 0 bridgehead atoms. The van der Waals surface area contributed by atoms with Crippen LogP contribution in [-0.2, 0) is 29.1 Å². The van der Waals surface area contributed by atoms with Crippen molar-refractivity contribution in [2.45, 2.75) is 45.4 Å². The Morgan fingerprint density at radius 1 is 1.05 bits per heavy atom. The lowest BCUT2D eigenvalue weighted by molar-refractivity contribution is -0.180. The first-order valence-electron chi connectivity index (χ1n) is 12.5. The highest BCUT2D eigenvalue weighted by Crippen LogP contribution is 2.32. The third-order valence-corrected chi connectivity index (χ3v) is 6.07. The Morgan fingerprint density at radius 2 is 1.89 bits per heavy atom. The third kappa shape index (κ3) is 8.04. The van der Waals surface area contributed by atoms with Gasteiger partial charge in [-0.2, -0.15) is 5.26 Å². The van der Waals surface area contributed by atoms with Gasteiger partial charge in [-0.15, -0.1) is 0 Å². The number of hydrogen-bond donors (Lipinski definition) is 2. The molecule has 0 fully saturated rings. The number of aliphatic hydroxyl groups is 1. The summed E-state index contributed by atoms with van der Waals surface area (Å²) in [5, 5.41) is 22.9. The molecule has 0 saturated heterocycles. The molecule has 1 heterocycles. The van der Waals surface area contributed by atoms with Gasteiger partial charge in [0.2, 0.25) is 5.79 Å². The number of rotatable bonds is 12. The van der Waals surface area contributed by atoms with Crippen molar-refractivity contribution >= 4 is 0 Å². The van der Waals surface area contributed by atoms with Crippen LogP contribution in [0, 0.1) is 11.3 Å². The van der Waals surface area contributed by atoms with E-state index in [0.717, 1.165) is 41.2 Å². The molecule has 1 aliphatic heterocycles. The zero-order valence-corrected chi connectivity index (χ0v) is 21.4. The first-order chi connectivity index (χ1) is 17.9. The average Bonchev–Trinajstić information content (AvgIpc) is 2.91. The van der Waals surface area contributed by atoms with Crippen LogP contribution in [0.4, 0.5) is 0 Å². The Kier molecular flexibility index (Phi) is 9.15. The van der Waals surface area contributed by atoms with E-state index in [1.165, 1.54) is 5.56 Å². The van der Waals surface area contributed by atoms with Gasteiger partial charge in [0.25, 0.3) is 0 Å². The molecule has 1 atom stereocenters. The number of nitriles is 1. The number of hydrogen-bond acceptors (Lipinski definition) is 7. The predicted octanol–water partition coefficient (Wildman–Crippen LogP) is 4.66. The topological polar surface area (TPSA) is 93.0 Å². The molecule has 2 N–H and O–H groups in total. The van der Waals surface area contributed by atoms with Crippen molar-refractivity contribution in [2.75, 3.05) is 26.3 Å². The van der Waals surface area contributed by atoms with E-state index in [2.05, 4.69) is 11.4 Å². The minimum atomic E-state index is -0.624. The molecule has 7 nitrogen and oxygen atoms in total. The van der Waals surface area contributed by atoms with Gasteiger partial charge in [0.15, 0.2) is 0 Å². The van der Waals surface area contributed by atoms with E-state index in [9.17, 15) is 5.11 Å². The van der Waals surface area contributed by atoms with Crippen LogP contribution in [-0.4, -0.2) is 37.2 Å². The molecule has 3 aromatic rings. The predicted molar refractivity (Wildman–Crippen MR) is 140 cm³/mol. The molecule has 0 spiro atoms. The van der Waals surface area contributed by atoms with E-state index in [0.29, 0.717) is 38.5 Å². The zero-order chi connectivity index (χ0) is 26.1. The molecule has 0 saturated carbocycles. The summed E-state index contributed by atoms with van der Waals surface area (Å²) in [4.78, 5) is 0. The van der Waals surface area contributed by atoms with E-state index >= 15 is 0 Å². The molecule has 1 aliphatic rings. The summed E-state index contributed by atoms with van der Waals surface area (Å²) < 4.78 is 22.9. The zero-order valence-electron chi connectivity index (χ0n) is 21.4. The lowest BCUT2D eigenvalue weighted by atomic mass is 10.0. The van der Waals surface area contributed by atoms with Crippen LogP contribution >= 0.6 is 0 Å². The van der Waals surface area contributed by atoms with Crippen molar-refractivity contribution in [3.05, 3.63) is 94.5 Å². The summed E-state index contributed by atoms with van der Waals surface area (Å²) in [7, 11) is 0. The Balaban J connectivity index is 1.11. The summed E-state index contributed by atoms with van der Waals surface area (Å²) in [6, 6.07) is 23.3. The monoisotopic (exact) mass is 502 g/mol. The smallest absolute Gasteiger partial charge is 0.205 e. The van der Waals surface area contributed by atoms with E-state index in [-0.39, 0.29) is 0 Å². The number of fused-ring (bicyclic) bond motifs is 1. The molecule has 3 aromatic carbocycles. The van der Waals surface area contributed by atoms with Crippen molar-refractivity contribution < 1.29 is 24.1 Å². The maximum absolute atomic E-state index is 10.6. The van der Waals surface area contributed by atoms with E-state index in [1.54, 1.807) is 6.07 Å². The molecule has 0 aromatic heterocycles. The fourth-order valence-corrected chi connectivity index (χ4v) is 4.05. The highest BCUT2D eigenvalue weighted by Gasteiger charge is 2.27. The number of benzene rings is 3. The second-order valence-electron chi connectivity index (χ2n) is 9.48. The van der Waals surface area contributed by atoms with Crippen molar-refractivity contribution in [1.29, 1.82) is 5.26 Å². The van der Waals surface area contributed by atoms with Gasteiger partial charge >= 0.3 is 0 Å². The van der Waals surface area contributed by atoms with Crippen molar-refractivity contribution in [1.82, 2.24) is 5.32 Å². The minimum Gasteiger partial charge on any atom is -0.491 e. The fourth-order valence-electron chi connectivity index (χ4n) is 4.05. The van der Waals surface area contributed by atoms with Gasteiger partial charge in [-0.3, -0.25) is 0 Å². The quantitative estimate of drug-likeness (QED) is 0.348. The van der Waals surface area contributed by atoms with E-state index < -0.39 is 11.9 Å². The first kappa shape index (κ1) is 26.6. The van der Waals surface area contributed by atoms with Crippen LogP contribution in [0.5, 0.6) is 11.5 Å². The second kappa shape index (κ2) is 12.7. The molecule has 4 rings (SSSR count). The van der Waals surface area contributed by atoms with Crippen LogP contribution in [0.15, 0.2) is 66.7 Å². The molecular weight excluding hydrogens is 468 g/mol. The lowest BCUT2D eigenvalue weighted by Gasteiger charge is -2.33. The van der Waals surface area contributed by atoms with Crippen molar-refractivity contribution in [2.24, 2.45) is 0 Å². The SMILES string of the molecule is CC1(C)OCc2cc([C@H](O)CNCCc3ccc(OCCOCc4cccc(C#N)c4)cc3)ccc2O1. The van der Waals surface area contributed by atoms with Gasteiger partial charge in [-0.05, 0) is 66.1 Å². The molecule has 0 unspecified atom stereocenters. The number of nitrogens with zero attached hydrogens (tertiary/aromatic N) is 1. The summed E-state index contributed by atoms with van der Waals surface area (Å²) in [5.41, 5.74) is 4.59. The molecule has 0 radical (unpaired) electrons. The summed E-state index contributed by atoms with van der Waals surface area (Å²) in [6.07, 6.45) is 0.243. The van der Waals surface area contributed by atoms with E-state index in [1.807, 2.05) is 74.5 Å². The summed E-state index contributed by atoms with van der Waals surface area (Å²) in [6.45, 7) is 6.84. The van der Waals surface area contributed by atoms with Crippen molar-refractivity contribution in [3.63, 3.8) is 0 Å². The number of nitrogens with one attached hydrogen (secondary N) is 1. The number of aliphatic hydroxyl groups excluding tert-OH is 1. The molecule has 0 aliphatic carbocycles. The molecular formula is C30H34N2O5. The molecule has 7 heteroatoms. The fraction of sp³-hybridized carbons (Fsp3) is 0.367. The van der Waals surface area contributed by atoms with Crippen LogP contribution in [0.25, 0.3) is 0 Å². The highest BCUT2D eigenvalue weighted by molar-refractivity contribution is 5.39. The average molecular weight is 503 g/mol. The largest absolute Gasteiger partial charge is 0.491 e. The maximum Gasteiger partial charge on any atom is 0.205 e. The van der Waals surface area contributed by atoms with Gasteiger partial charge in [-0.1, -0.05) is 30.3 Å². The number of ether oxygens (including phenoxy) is 4. The van der Waals surface area contributed by atoms with Gasteiger partial charge in [-0.25, -0.2) is 0 Å². The van der Waals surface area contributed by atoms with Gasteiger partial charge in [0.1, 0.15) is 18.1 Å². The van der Waals surface area contributed by atoms with Crippen LogP contribution in [0.2, 0.25) is 0 Å². The Bertz CT molecular complexity index is 1200. The van der Waals surface area contributed by atoms with E-state index in [4.69, 9.17) is 24.2 Å². The summed E-state index contributed by atoms with van der Waals surface area (Å²) >= 11 is 0. The Morgan fingerprint density at radius 3 is 2.70 bits per heavy atom. The Labute approximate surface area is 218 Å². The molecule has 37 heavy (non-hydrogen) atoms. The normalized spacial score (nSPS) is 14.8. The Hall–Kier alpha value is -3.41. The van der Waals surface area contributed by atoms with Crippen LogP contribution < -0.4 is 14.8 Å². The summed E-state index contributed by atoms with van der Waals surface area (Å²) in [5.74, 6) is 0.981. The first-order valence-corrected chi connectivity index (χ1v) is 12.5. The van der Waals surface area contributed by atoms with Gasteiger partial charge in [0, 0.05) is 26.0 Å². The van der Waals surface area contributed by atoms with Gasteiger partial charge < -0.3 is 29.4 Å². The third-order valence-electron chi connectivity index (χ3n) is 6.07. The van der Waals surface area contributed by atoms with Crippen molar-refractivity contribution in [3.8, 4) is 17.6 Å². The lowest BCUT2D eigenvalue weighted by Crippen LogP contribution is -2.35. The van der Waals surface area contributed by atoms with Crippen LogP contribution in [0.1, 0.15) is 47.8 Å². The van der Waals surface area contributed by atoms with Gasteiger partial charge in [0.05, 0.1) is 37.6 Å². The maximum atomic E-state index is 10.6. The minimum absolute atomic E-state index is 0.452.